The Kier molecular flexibility index (Phi) is 5.57. The van der Waals surface area contributed by atoms with Crippen molar-refractivity contribution in [1.29, 1.82) is 0 Å². The maximum atomic E-state index is 12.6. The molecule has 3 heterocycles. The molecular formula is C21H32N4O. The third-order valence-corrected chi connectivity index (χ3v) is 6.34. The standard InChI is InChI=1S/C21H32N4O/c1-22-11-13-24(14-12-22)20-8-10-25(17-20)21(26)7-4-9-23-15-18-5-2-3-6-19(18)16-23/h2-3,5-6,20H,4,7-17H2,1H3/t20-/m1/s1. The van der Waals surface area contributed by atoms with Crippen molar-refractivity contribution < 1.29 is 4.79 Å². The molecule has 0 spiro atoms. The predicted octanol–water partition coefficient (Wildman–Crippen LogP) is 1.63. The van der Waals surface area contributed by atoms with E-state index in [1.54, 1.807) is 0 Å². The van der Waals surface area contributed by atoms with Crippen LogP contribution >= 0.6 is 0 Å². The van der Waals surface area contributed by atoms with Crippen LogP contribution in [0.2, 0.25) is 0 Å². The molecule has 0 saturated carbocycles. The van der Waals surface area contributed by atoms with E-state index in [-0.39, 0.29) is 0 Å². The van der Waals surface area contributed by atoms with Gasteiger partial charge in [0.05, 0.1) is 0 Å². The fraction of sp³-hybridized carbons (Fsp3) is 0.667. The van der Waals surface area contributed by atoms with Crippen molar-refractivity contribution in [2.45, 2.75) is 38.4 Å². The van der Waals surface area contributed by atoms with Crippen LogP contribution in [0.1, 0.15) is 30.4 Å². The molecule has 4 rings (SSSR count). The van der Waals surface area contributed by atoms with Crippen LogP contribution in [0.15, 0.2) is 24.3 Å². The van der Waals surface area contributed by atoms with Crippen LogP contribution in [0.25, 0.3) is 0 Å². The van der Waals surface area contributed by atoms with Crippen molar-refractivity contribution in [3.8, 4) is 0 Å². The number of carbonyl (C=O) groups is 1. The second-order valence-corrected chi connectivity index (χ2v) is 8.20. The summed E-state index contributed by atoms with van der Waals surface area (Å²) in [6.07, 6.45) is 2.82. The molecule has 0 bridgehead atoms. The van der Waals surface area contributed by atoms with Crippen LogP contribution in [-0.4, -0.2) is 84.4 Å². The predicted molar refractivity (Wildman–Crippen MR) is 104 cm³/mol. The van der Waals surface area contributed by atoms with Gasteiger partial charge in [-0.2, -0.15) is 0 Å². The lowest BCUT2D eigenvalue weighted by molar-refractivity contribution is -0.130. The third-order valence-electron chi connectivity index (χ3n) is 6.34. The zero-order chi connectivity index (χ0) is 17.9. The molecule has 26 heavy (non-hydrogen) atoms. The normalized spacial score (nSPS) is 25.0. The number of hydrogen-bond acceptors (Lipinski definition) is 4. The van der Waals surface area contributed by atoms with E-state index in [4.69, 9.17) is 0 Å². The van der Waals surface area contributed by atoms with E-state index in [1.807, 2.05) is 0 Å². The van der Waals surface area contributed by atoms with Gasteiger partial charge in [0.15, 0.2) is 0 Å². The molecule has 5 nitrogen and oxygen atoms in total. The maximum Gasteiger partial charge on any atom is 0.222 e. The number of likely N-dealkylation sites (tertiary alicyclic amines) is 1. The molecule has 1 amide bonds. The number of hydrogen-bond donors (Lipinski definition) is 0. The summed E-state index contributed by atoms with van der Waals surface area (Å²) in [6.45, 7) is 9.61. The molecule has 142 valence electrons. The molecule has 1 atom stereocenters. The highest BCUT2D eigenvalue weighted by Crippen LogP contribution is 2.23. The Morgan fingerprint density at radius 3 is 2.42 bits per heavy atom. The largest absolute Gasteiger partial charge is 0.341 e. The van der Waals surface area contributed by atoms with Crippen LogP contribution in [0.5, 0.6) is 0 Å². The van der Waals surface area contributed by atoms with E-state index in [0.717, 1.165) is 71.7 Å². The van der Waals surface area contributed by atoms with Crippen LogP contribution in [-0.2, 0) is 17.9 Å². The minimum atomic E-state index is 0.360. The number of likely N-dealkylation sites (N-methyl/N-ethyl adjacent to an activating group) is 1. The van der Waals surface area contributed by atoms with E-state index in [0.29, 0.717) is 18.4 Å². The van der Waals surface area contributed by atoms with Gasteiger partial charge in [0, 0.05) is 64.8 Å². The summed E-state index contributed by atoms with van der Waals surface area (Å²) in [5, 5.41) is 0. The first-order valence-corrected chi connectivity index (χ1v) is 10.2. The van der Waals surface area contributed by atoms with Crippen LogP contribution in [0, 0.1) is 0 Å². The van der Waals surface area contributed by atoms with E-state index >= 15 is 0 Å². The second kappa shape index (κ2) is 8.07. The molecule has 2 saturated heterocycles. The average Bonchev–Trinajstić information content (AvgIpc) is 3.29. The average molecular weight is 357 g/mol. The van der Waals surface area contributed by atoms with Crippen molar-refractivity contribution in [1.82, 2.24) is 19.6 Å². The third kappa shape index (κ3) is 4.11. The topological polar surface area (TPSA) is 30.0 Å². The van der Waals surface area contributed by atoms with Crippen molar-refractivity contribution in [3.05, 3.63) is 35.4 Å². The molecule has 0 radical (unpaired) electrons. The van der Waals surface area contributed by atoms with Crippen molar-refractivity contribution in [2.24, 2.45) is 0 Å². The van der Waals surface area contributed by atoms with Gasteiger partial charge in [-0.1, -0.05) is 24.3 Å². The van der Waals surface area contributed by atoms with Gasteiger partial charge >= 0.3 is 0 Å². The number of fused-ring (bicyclic) bond motifs is 1. The lowest BCUT2D eigenvalue weighted by Crippen LogP contribution is -2.50. The van der Waals surface area contributed by atoms with E-state index < -0.39 is 0 Å². The number of amides is 1. The number of benzene rings is 1. The zero-order valence-corrected chi connectivity index (χ0v) is 16.1. The molecule has 2 fully saturated rings. The highest BCUT2D eigenvalue weighted by molar-refractivity contribution is 5.76. The molecule has 1 aromatic rings. The van der Waals surface area contributed by atoms with Gasteiger partial charge in [-0.25, -0.2) is 0 Å². The molecule has 3 aliphatic heterocycles. The minimum absolute atomic E-state index is 0.360. The number of nitrogens with zero attached hydrogens (tertiary/aromatic N) is 4. The molecular weight excluding hydrogens is 324 g/mol. The summed E-state index contributed by atoms with van der Waals surface area (Å²) in [5.41, 5.74) is 2.90. The highest BCUT2D eigenvalue weighted by Gasteiger charge is 2.31. The van der Waals surface area contributed by atoms with Gasteiger partial charge in [-0.05, 0) is 37.6 Å². The Balaban J connectivity index is 1.17. The van der Waals surface area contributed by atoms with E-state index in [1.165, 1.54) is 11.1 Å². The van der Waals surface area contributed by atoms with Crippen molar-refractivity contribution in [2.75, 3.05) is 52.9 Å². The number of carbonyl (C=O) groups excluding carboxylic acids is 1. The number of rotatable bonds is 5. The highest BCUT2D eigenvalue weighted by atomic mass is 16.2. The lowest BCUT2D eigenvalue weighted by Gasteiger charge is -2.36. The van der Waals surface area contributed by atoms with Crippen molar-refractivity contribution >= 4 is 5.91 Å². The Morgan fingerprint density at radius 2 is 1.73 bits per heavy atom. The Hall–Kier alpha value is -1.43. The first-order valence-electron chi connectivity index (χ1n) is 10.2. The maximum absolute atomic E-state index is 12.6. The molecule has 5 heteroatoms. The van der Waals surface area contributed by atoms with Crippen LogP contribution in [0.4, 0.5) is 0 Å². The van der Waals surface area contributed by atoms with E-state index in [2.05, 4.69) is 50.9 Å². The lowest BCUT2D eigenvalue weighted by atomic mass is 10.1. The quantitative estimate of drug-likeness (QED) is 0.802. The summed E-state index contributed by atoms with van der Waals surface area (Å²) in [6, 6.07) is 9.28. The second-order valence-electron chi connectivity index (χ2n) is 8.20. The first-order chi connectivity index (χ1) is 12.7. The van der Waals surface area contributed by atoms with Crippen molar-refractivity contribution in [3.63, 3.8) is 0 Å². The zero-order valence-electron chi connectivity index (χ0n) is 16.1. The summed E-state index contributed by atoms with van der Waals surface area (Å²) in [5.74, 6) is 0.360. The summed E-state index contributed by atoms with van der Waals surface area (Å²) in [7, 11) is 2.20. The molecule has 1 aromatic carbocycles. The van der Waals surface area contributed by atoms with Gasteiger partial charge in [0.1, 0.15) is 0 Å². The first kappa shape index (κ1) is 18.0. The molecule has 0 unspecified atom stereocenters. The fourth-order valence-electron chi connectivity index (χ4n) is 4.63. The van der Waals surface area contributed by atoms with Gasteiger partial charge in [-0.3, -0.25) is 14.6 Å². The van der Waals surface area contributed by atoms with E-state index in [9.17, 15) is 4.79 Å². The summed E-state index contributed by atoms with van der Waals surface area (Å²) in [4.78, 5) is 22.2. The molecule has 3 aliphatic rings. The van der Waals surface area contributed by atoms with Gasteiger partial charge in [0.2, 0.25) is 5.91 Å². The smallest absolute Gasteiger partial charge is 0.222 e. The summed E-state index contributed by atoms with van der Waals surface area (Å²) < 4.78 is 0. The van der Waals surface area contributed by atoms with Crippen LogP contribution < -0.4 is 0 Å². The van der Waals surface area contributed by atoms with Gasteiger partial charge in [-0.15, -0.1) is 0 Å². The molecule has 0 aliphatic carbocycles. The fourth-order valence-corrected chi connectivity index (χ4v) is 4.63. The minimum Gasteiger partial charge on any atom is -0.341 e. The molecule has 0 aromatic heterocycles. The Labute approximate surface area is 157 Å². The number of piperazine rings is 1. The SMILES string of the molecule is CN1CCN([C@@H]2CCN(C(=O)CCCN3Cc4ccccc4C3)C2)CC1. The summed E-state index contributed by atoms with van der Waals surface area (Å²) >= 11 is 0. The molecule has 0 N–H and O–H groups in total. The van der Waals surface area contributed by atoms with Gasteiger partial charge in [0.25, 0.3) is 0 Å². The Morgan fingerprint density at radius 1 is 1.04 bits per heavy atom. The monoisotopic (exact) mass is 356 g/mol. The van der Waals surface area contributed by atoms with Gasteiger partial charge < -0.3 is 9.80 Å². The Bertz CT molecular complexity index is 601. The van der Waals surface area contributed by atoms with Crippen LogP contribution in [0.3, 0.4) is 0 Å².